The zero-order valence-electron chi connectivity index (χ0n) is 12.2. The summed E-state index contributed by atoms with van der Waals surface area (Å²) >= 11 is 0. The maximum Gasteiger partial charge on any atom is 0.295 e. The molecule has 0 radical (unpaired) electrons. The van der Waals surface area contributed by atoms with E-state index in [1.54, 1.807) is 19.1 Å². The quantitative estimate of drug-likeness (QED) is 0.778. The van der Waals surface area contributed by atoms with Gasteiger partial charge in [0, 0.05) is 18.7 Å². The van der Waals surface area contributed by atoms with E-state index >= 15 is 0 Å². The monoisotopic (exact) mass is 277 g/mol. The fraction of sp³-hybridized carbons (Fsp3) is 0.533. The second-order valence-electron chi connectivity index (χ2n) is 5.70. The van der Waals surface area contributed by atoms with Gasteiger partial charge in [-0.05, 0) is 19.2 Å². The third kappa shape index (κ3) is 3.79. The molecule has 1 saturated heterocycles. The molecule has 0 saturated carbocycles. The Morgan fingerprint density at radius 3 is 2.50 bits per heavy atom. The van der Waals surface area contributed by atoms with Gasteiger partial charge in [-0.1, -0.05) is 31.2 Å². The Labute approximate surface area is 120 Å². The largest absolute Gasteiger partial charge is 0.848 e. The van der Waals surface area contributed by atoms with Crippen LogP contribution in [0.3, 0.4) is 0 Å². The minimum Gasteiger partial charge on any atom is -0.848 e. The van der Waals surface area contributed by atoms with E-state index in [0.717, 1.165) is 26.2 Å². The molecule has 0 aliphatic carbocycles. The number of hydrogen-bond acceptors (Lipinski definition) is 3. The second-order valence-corrected chi connectivity index (χ2v) is 5.70. The molecule has 1 aliphatic rings. The molecule has 1 N–H and O–H groups in total. The highest BCUT2D eigenvalue weighted by molar-refractivity contribution is 5.93. The number of quaternary nitrogens is 1. The van der Waals surface area contributed by atoms with Gasteiger partial charge < -0.3 is 5.11 Å². The van der Waals surface area contributed by atoms with Crippen LogP contribution in [0.15, 0.2) is 30.3 Å². The van der Waals surface area contributed by atoms with Gasteiger partial charge in [-0.15, -0.1) is 0 Å². The zero-order chi connectivity index (χ0) is 14.6. The molecule has 2 rings (SSSR count). The third-order valence-electron chi connectivity index (χ3n) is 3.80. The number of hydrogen-bond donors (Lipinski definition) is 1. The first kappa shape index (κ1) is 15.0. The van der Waals surface area contributed by atoms with E-state index in [-0.39, 0.29) is 5.91 Å². The molecule has 0 aromatic heterocycles. The van der Waals surface area contributed by atoms with Crippen molar-refractivity contribution in [2.24, 2.45) is 0 Å². The minimum absolute atomic E-state index is 0.101. The number of likely N-dealkylation sites (N-methyl/N-ethyl adjacent to an activating group) is 1. The molecular formula is C15H23N3O2. The van der Waals surface area contributed by atoms with Gasteiger partial charge in [0.2, 0.25) is 0 Å². The van der Waals surface area contributed by atoms with Crippen molar-refractivity contribution in [3.8, 4) is 0 Å². The van der Waals surface area contributed by atoms with E-state index in [4.69, 9.17) is 0 Å². The molecule has 1 atom stereocenters. The van der Waals surface area contributed by atoms with E-state index < -0.39 is 6.10 Å². The Morgan fingerprint density at radius 2 is 1.95 bits per heavy atom. The van der Waals surface area contributed by atoms with Crippen molar-refractivity contribution >= 4 is 5.91 Å². The van der Waals surface area contributed by atoms with Gasteiger partial charge in [0.15, 0.2) is 0 Å². The molecule has 1 amide bonds. The summed E-state index contributed by atoms with van der Waals surface area (Å²) in [5.41, 5.74) is 3.71. The van der Waals surface area contributed by atoms with Crippen molar-refractivity contribution in [2.75, 3.05) is 39.8 Å². The Morgan fingerprint density at radius 1 is 1.35 bits per heavy atom. The highest BCUT2D eigenvalue weighted by Gasteiger charge is 2.34. The Hall–Kier alpha value is -1.43. The van der Waals surface area contributed by atoms with Crippen LogP contribution in [0.5, 0.6) is 0 Å². The number of benzene rings is 1. The number of nitrogens with one attached hydrogen (secondary N) is 1. The SMILES string of the molecule is CC([O-])C[N+]1(NC(=O)c2ccccc2)CCN(C)CC1. The number of rotatable bonds is 4. The minimum atomic E-state index is -0.686. The van der Waals surface area contributed by atoms with Crippen molar-refractivity contribution in [1.29, 1.82) is 0 Å². The summed E-state index contributed by atoms with van der Waals surface area (Å²) in [5.74, 6) is -0.101. The van der Waals surface area contributed by atoms with Gasteiger partial charge in [-0.3, -0.25) is 9.69 Å². The van der Waals surface area contributed by atoms with Gasteiger partial charge in [0.1, 0.15) is 13.1 Å². The fourth-order valence-electron chi connectivity index (χ4n) is 2.65. The lowest BCUT2D eigenvalue weighted by atomic mass is 10.2. The molecule has 1 unspecified atom stereocenters. The van der Waals surface area contributed by atoms with Gasteiger partial charge in [0.05, 0.1) is 6.54 Å². The Bertz CT molecular complexity index is 440. The second kappa shape index (κ2) is 6.35. The first-order valence-corrected chi connectivity index (χ1v) is 7.09. The molecule has 0 spiro atoms. The highest BCUT2D eigenvalue weighted by atomic mass is 16.3. The Balaban J connectivity index is 2.10. The summed E-state index contributed by atoms with van der Waals surface area (Å²) in [5, 5.41) is 11.6. The van der Waals surface area contributed by atoms with E-state index in [0.29, 0.717) is 16.7 Å². The lowest BCUT2D eigenvalue weighted by Gasteiger charge is -2.45. The van der Waals surface area contributed by atoms with Crippen molar-refractivity contribution in [3.63, 3.8) is 0 Å². The van der Waals surface area contributed by atoms with Gasteiger partial charge in [-0.25, -0.2) is 4.59 Å². The van der Waals surface area contributed by atoms with E-state index in [2.05, 4.69) is 17.4 Å². The van der Waals surface area contributed by atoms with Crippen LogP contribution in [0.25, 0.3) is 0 Å². The van der Waals surface area contributed by atoms with Crippen molar-refractivity contribution in [2.45, 2.75) is 13.0 Å². The topological polar surface area (TPSA) is 55.4 Å². The van der Waals surface area contributed by atoms with Gasteiger partial charge in [-0.2, -0.15) is 5.43 Å². The van der Waals surface area contributed by atoms with Crippen LogP contribution in [-0.2, 0) is 0 Å². The number of carbonyl (C=O) groups excluding carboxylic acids is 1. The molecule has 1 fully saturated rings. The number of nitrogens with zero attached hydrogens (tertiary/aromatic N) is 2. The van der Waals surface area contributed by atoms with E-state index in [1.165, 1.54) is 0 Å². The van der Waals surface area contributed by atoms with Crippen molar-refractivity contribution < 1.29 is 14.5 Å². The van der Waals surface area contributed by atoms with Crippen LogP contribution in [0.1, 0.15) is 17.3 Å². The lowest BCUT2D eigenvalue weighted by molar-refractivity contribution is -0.970. The Kier molecular flexibility index (Phi) is 4.75. The van der Waals surface area contributed by atoms with Crippen LogP contribution >= 0.6 is 0 Å². The zero-order valence-corrected chi connectivity index (χ0v) is 12.2. The third-order valence-corrected chi connectivity index (χ3v) is 3.80. The van der Waals surface area contributed by atoms with Crippen LogP contribution in [-0.4, -0.2) is 61.3 Å². The molecule has 5 heteroatoms. The summed E-state index contributed by atoms with van der Waals surface area (Å²) in [7, 11) is 2.06. The lowest BCUT2D eigenvalue weighted by Crippen LogP contribution is -2.69. The molecular weight excluding hydrogens is 254 g/mol. The number of carbonyl (C=O) groups is 1. The molecule has 0 bridgehead atoms. The maximum absolute atomic E-state index is 12.3. The van der Waals surface area contributed by atoms with Gasteiger partial charge >= 0.3 is 0 Å². The summed E-state index contributed by atoms with van der Waals surface area (Å²) in [4.78, 5) is 14.6. The maximum atomic E-state index is 12.3. The summed E-state index contributed by atoms with van der Waals surface area (Å²) in [6, 6.07) is 9.17. The average molecular weight is 277 g/mol. The van der Waals surface area contributed by atoms with Crippen molar-refractivity contribution in [3.05, 3.63) is 35.9 Å². The standard InChI is InChI=1S/C15H23N3O2/c1-13(19)12-18(10-8-17(2)9-11-18)16-15(20)14-6-4-3-5-7-14/h3-7,13H,8-12H2,1-2H3,(H,16,20). The normalized spacial score (nSPS) is 20.4. The number of piperazine rings is 1. The van der Waals surface area contributed by atoms with Crippen LogP contribution in [0.4, 0.5) is 0 Å². The summed E-state index contributed by atoms with van der Waals surface area (Å²) in [6.07, 6.45) is -0.686. The molecule has 20 heavy (non-hydrogen) atoms. The molecule has 1 aromatic carbocycles. The molecule has 1 heterocycles. The molecule has 110 valence electrons. The molecule has 1 aromatic rings. The highest BCUT2D eigenvalue weighted by Crippen LogP contribution is 2.11. The van der Waals surface area contributed by atoms with E-state index in [9.17, 15) is 9.90 Å². The first-order valence-electron chi connectivity index (χ1n) is 7.09. The smallest absolute Gasteiger partial charge is 0.295 e. The van der Waals surface area contributed by atoms with Crippen molar-refractivity contribution in [1.82, 2.24) is 10.3 Å². The molecule has 1 aliphatic heterocycles. The van der Waals surface area contributed by atoms with Crippen LogP contribution in [0.2, 0.25) is 0 Å². The number of amides is 1. The fourth-order valence-corrected chi connectivity index (χ4v) is 2.65. The predicted octanol–water partition coefficient (Wildman–Crippen LogP) is -0.158. The predicted molar refractivity (Wildman–Crippen MR) is 75.7 cm³/mol. The van der Waals surface area contributed by atoms with E-state index in [1.807, 2.05) is 18.2 Å². The molecule has 5 nitrogen and oxygen atoms in total. The van der Waals surface area contributed by atoms with Crippen LogP contribution < -0.4 is 10.5 Å². The first-order chi connectivity index (χ1) is 9.51. The van der Waals surface area contributed by atoms with Gasteiger partial charge in [0.25, 0.3) is 5.91 Å². The summed E-state index contributed by atoms with van der Waals surface area (Å²) in [6.45, 7) is 5.44. The average Bonchev–Trinajstić information content (AvgIpc) is 2.42. The summed E-state index contributed by atoms with van der Waals surface area (Å²) < 4.78 is 0.392. The van der Waals surface area contributed by atoms with Crippen LogP contribution in [0, 0.1) is 0 Å².